The molecular weight excluding hydrogens is 266 g/mol. The molecule has 0 spiro atoms. The molecular formula is C12H17N3O3S. The van der Waals surface area contributed by atoms with Crippen LogP contribution in [0.5, 0.6) is 0 Å². The summed E-state index contributed by atoms with van der Waals surface area (Å²) in [6.07, 6.45) is -0.516. The van der Waals surface area contributed by atoms with E-state index in [0.29, 0.717) is 31.4 Å². The molecule has 1 N–H and O–H groups in total. The van der Waals surface area contributed by atoms with Crippen molar-refractivity contribution in [2.75, 3.05) is 27.3 Å². The topological polar surface area (TPSA) is 71.6 Å². The van der Waals surface area contributed by atoms with Crippen LogP contribution in [-0.4, -0.2) is 53.6 Å². The Labute approximate surface area is 115 Å². The molecule has 1 atom stereocenters. The third-order valence-corrected chi connectivity index (χ3v) is 3.21. The van der Waals surface area contributed by atoms with Crippen LogP contribution < -0.4 is 0 Å². The van der Waals surface area contributed by atoms with Crippen molar-refractivity contribution in [3.63, 3.8) is 0 Å². The summed E-state index contributed by atoms with van der Waals surface area (Å²) in [5.74, 6) is 1.13. The van der Waals surface area contributed by atoms with Gasteiger partial charge in [0, 0.05) is 19.0 Å². The van der Waals surface area contributed by atoms with Gasteiger partial charge in [0.2, 0.25) is 0 Å². The summed E-state index contributed by atoms with van der Waals surface area (Å²) in [6, 6.07) is 1.94. The predicted molar refractivity (Wildman–Crippen MR) is 71.8 cm³/mol. The third-order valence-electron chi connectivity index (χ3n) is 2.53. The summed E-state index contributed by atoms with van der Waals surface area (Å²) in [5.41, 5.74) is 0.936. The first-order valence-corrected chi connectivity index (χ1v) is 6.84. The lowest BCUT2D eigenvalue weighted by Crippen LogP contribution is -2.31. The molecule has 2 aromatic rings. The predicted octanol–water partition coefficient (Wildman–Crippen LogP) is 1.24. The molecule has 0 bridgehead atoms. The number of ether oxygens (including phenoxy) is 1. The fourth-order valence-corrected chi connectivity index (χ4v) is 2.36. The molecule has 0 aromatic carbocycles. The standard InChI is InChI=1S/C12H17N3O3S/c1-15(5-10(16)7-17-2)6-11-13-12(18-14-11)9-3-4-19-8-9/h3-4,8,10,16H,5-7H2,1-2H3. The van der Waals surface area contributed by atoms with E-state index in [9.17, 15) is 5.11 Å². The molecule has 0 aliphatic carbocycles. The molecule has 2 rings (SSSR count). The normalized spacial score (nSPS) is 13.1. The van der Waals surface area contributed by atoms with E-state index in [-0.39, 0.29) is 0 Å². The lowest BCUT2D eigenvalue weighted by atomic mass is 10.3. The van der Waals surface area contributed by atoms with E-state index >= 15 is 0 Å². The Morgan fingerprint density at radius 1 is 1.58 bits per heavy atom. The number of rotatable bonds is 7. The molecule has 0 amide bonds. The van der Waals surface area contributed by atoms with Gasteiger partial charge in [-0.25, -0.2) is 0 Å². The van der Waals surface area contributed by atoms with E-state index in [2.05, 4.69) is 10.1 Å². The molecule has 0 saturated heterocycles. The quantitative estimate of drug-likeness (QED) is 0.824. The molecule has 104 valence electrons. The monoisotopic (exact) mass is 283 g/mol. The minimum Gasteiger partial charge on any atom is -0.389 e. The molecule has 2 aromatic heterocycles. The van der Waals surface area contributed by atoms with E-state index in [0.717, 1.165) is 5.56 Å². The van der Waals surface area contributed by atoms with Crippen molar-refractivity contribution in [3.8, 4) is 11.5 Å². The average Bonchev–Trinajstić information content (AvgIpc) is 2.98. The van der Waals surface area contributed by atoms with Crippen LogP contribution in [0.3, 0.4) is 0 Å². The summed E-state index contributed by atoms with van der Waals surface area (Å²) >= 11 is 1.59. The highest BCUT2D eigenvalue weighted by molar-refractivity contribution is 7.08. The van der Waals surface area contributed by atoms with Gasteiger partial charge in [0.05, 0.1) is 24.8 Å². The molecule has 19 heavy (non-hydrogen) atoms. The van der Waals surface area contributed by atoms with Gasteiger partial charge in [0.1, 0.15) is 0 Å². The first-order valence-electron chi connectivity index (χ1n) is 5.89. The Kier molecular flexibility index (Phi) is 5.03. The molecule has 0 fully saturated rings. The molecule has 2 heterocycles. The second-order valence-electron chi connectivity index (χ2n) is 4.33. The second kappa shape index (κ2) is 6.76. The van der Waals surface area contributed by atoms with E-state index < -0.39 is 6.10 Å². The number of hydrogen-bond donors (Lipinski definition) is 1. The smallest absolute Gasteiger partial charge is 0.258 e. The Bertz CT molecular complexity index is 486. The maximum absolute atomic E-state index is 9.62. The zero-order chi connectivity index (χ0) is 13.7. The Morgan fingerprint density at radius 3 is 3.11 bits per heavy atom. The highest BCUT2D eigenvalue weighted by Crippen LogP contribution is 2.19. The summed E-state index contributed by atoms with van der Waals surface area (Å²) < 4.78 is 10.1. The number of aliphatic hydroxyl groups excluding tert-OH is 1. The maximum atomic E-state index is 9.62. The first kappa shape index (κ1) is 14.1. The maximum Gasteiger partial charge on any atom is 0.258 e. The summed E-state index contributed by atoms with van der Waals surface area (Å²) in [5, 5.41) is 17.5. The average molecular weight is 283 g/mol. The number of thiophene rings is 1. The van der Waals surface area contributed by atoms with Crippen molar-refractivity contribution in [1.82, 2.24) is 15.0 Å². The fraction of sp³-hybridized carbons (Fsp3) is 0.500. The third kappa shape index (κ3) is 4.10. The van der Waals surface area contributed by atoms with Crippen LogP contribution in [0.2, 0.25) is 0 Å². The van der Waals surface area contributed by atoms with Gasteiger partial charge in [-0.1, -0.05) is 5.16 Å². The lowest BCUT2D eigenvalue weighted by molar-refractivity contribution is 0.0413. The molecule has 0 aliphatic rings. The van der Waals surface area contributed by atoms with Crippen molar-refractivity contribution < 1.29 is 14.4 Å². The fourth-order valence-electron chi connectivity index (χ4n) is 1.73. The summed E-state index contributed by atoms with van der Waals surface area (Å²) in [6.45, 7) is 1.33. The second-order valence-corrected chi connectivity index (χ2v) is 5.11. The zero-order valence-corrected chi connectivity index (χ0v) is 11.8. The number of aliphatic hydroxyl groups is 1. The van der Waals surface area contributed by atoms with Crippen molar-refractivity contribution in [1.29, 1.82) is 0 Å². The Balaban J connectivity index is 1.89. The van der Waals surface area contributed by atoms with Gasteiger partial charge in [0.15, 0.2) is 5.82 Å². The lowest BCUT2D eigenvalue weighted by Gasteiger charge is -2.18. The van der Waals surface area contributed by atoms with E-state index in [1.807, 2.05) is 28.8 Å². The van der Waals surface area contributed by atoms with Gasteiger partial charge in [-0.3, -0.25) is 4.90 Å². The van der Waals surface area contributed by atoms with Gasteiger partial charge in [-0.2, -0.15) is 16.3 Å². The molecule has 1 unspecified atom stereocenters. The Morgan fingerprint density at radius 2 is 2.42 bits per heavy atom. The van der Waals surface area contributed by atoms with Crippen molar-refractivity contribution in [2.45, 2.75) is 12.6 Å². The van der Waals surface area contributed by atoms with E-state index in [1.165, 1.54) is 0 Å². The van der Waals surface area contributed by atoms with Crippen LogP contribution in [0.4, 0.5) is 0 Å². The van der Waals surface area contributed by atoms with E-state index in [4.69, 9.17) is 9.26 Å². The van der Waals surface area contributed by atoms with Crippen LogP contribution in [-0.2, 0) is 11.3 Å². The number of methoxy groups -OCH3 is 1. The molecule has 0 radical (unpaired) electrons. The van der Waals surface area contributed by atoms with Crippen LogP contribution in [0, 0.1) is 0 Å². The number of hydrogen-bond acceptors (Lipinski definition) is 7. The molecule has 0 aliphatic heterocycles. The minimum atomic E-state index is -0.516. The molecule has 6 nitrogen and oxygen atoms in total. The minimum absolute atomic E-state index is 0.316. The van der Waals surface area contributed by atoms with Gasteiger partial charge >= 0.3 is 0 Å². The van der Waals surface area contributed by atoms with Crippen molar-refractivity contribution in [3.05, 3.63) is 22.7 Å². The van der Waals surface area contributed by atoms with E-state index in [1.54, 1.807) is 18.4 Å². The van der Waals surface area contributed by atoms with Gasteiger partial charge in [0.25, 0.3) is 5.89 Å². The van der Waals surface area contributed by atoms with Crippen LogP contribution >= 0.6 is 11.3 Å². The SMILES string of the molecule is COCC(O)CN(C)Cc1noc(-c2ccsc2)n1. The van der Waals surface area contributed by atoms with Crippen LogP contribution in [0.1, 0.15) is 5.82 Å². The highest BCUT2D eigenvalue weighted by atomic mass is 32.1. The van der Waals surface area contributed by atoms with Crippen LogP contribution in [0.25, 0.3) is 11.5 Å². The largest absolute Gasteiger partial charge is 0.389 e. The number of aromatic nitrogens is 2. The van der Waals surface area contributed by atoms with Crippen LogP contribution in [0.15, 0.2) is 21.3 Å². The van der Waals surface area contributed by atoms with Gasteiger partial charge in [-0.05, 0) is 18.5 Å². The number of nitrogens with zero attached hydrogens (tertiary/aromatic N) is 3. The zero-order valence-electron chi connectivity index (χ0n) is 10.9. The Hall–Kier alpha value is -1.28. The molecule has 0 saturated carbocycles. The van der Waals surface area contributed by atoms with Crippen molar-refractivity contribution >= 4 is 11.3 Å². The first-order chi connectivity index (χ1) is 9.19. The summed E-state index contributed by atoms with van der Waals surface area (Å²) in [4.78, 5) is 6.24. The number of likely N-dealkylation sites (N-methyl/N-ethyl adjacent to an activating group) is 1. The highest BCUT2D eigenvalue weighted by Gasteiger charge is 2.13. The van der Waals surface area contributed by atoms with Crippen molar-refractivity contribution in [2.24, 2.45) is 0 Å². The van der Waals surface area contributed by atoms with Gasteiger partial charge in [-0.15, -0.1) is 0 Å². The van der Waals surface area contributed by atoms with Gasteiger partial charge < -0.3 is 14.4 Å². The molecule has 7 heteroatoms. The summed E-state index contributed by atoms with van der Waals surface area (Å²) in [7, 11) is 3.45.